The van der Waals surface area contributed by atoms with Crippen LogP contribution in [0.5, 0.6) is 0 Å². The molecular formula is C12H21N3S. The average molecular weight is 239 g/mol. The Kier molecular flexibility index (Phi) is 3.10. The van der Waals surface area contributed by atoms with Gasteiger partial charge in [0.25, 0.3) is 0 Å². The van der Waals surface area contributed by atoms with E-state index in [9.17, 15) is 0 Å². The molecule has 1 aliphatic carbocycles. The van der Waals surface area contributed by atoms with Crippen LogP contribution < -0.4 is 10.6 Å². The zero-order chi connectivity index (χ0) is 11.8. The van der Waals surface area contributed by atoms with Crippen molar-refractivity contribution in [2.75, 3.05) is 17.7 Å². The Morgan fingerprint density at radius 2 is 2.06 bits per heavy atom. The van der Waals surface area contributed by atoms with E-state index < -0.39 is 0 Å². The van der Waals surface area contributed by atoms with Crippen molar-refractivity contribution in [1.82, 2.24) is 4.98 Å². The zero-order valence-corrected chi connectivity index (χ0v) is 11.2. The number of anilines is 2. The minimum Gasteiger partial charge on any atom is -0.389 e. The van der Waals surface area contributed by atoms with Crippen molar-refractivity contribution < 1.29 is 0 Å². The van der Waals surface area contributed by atoms with Crippen LogP contribution in [0.25, 0.3) is 0 Å². The smallest absolute Gasteiger partial charge is 0.187 e. The summed E-state index contributed by atoms with van der Waals surface area (Å²) in [6.45, 7) is 4.73. The van der Waals surface area contributed by atoms with Gasteiger partial charge >= 0.3 is 0 Å². The summed E-state index contributed by atoms with van der Waals surface area (Å²) in [4.78, 5) is 6.65. The predicted molar refractivity (Wildman–Crippen MR) is 71.0 cm³/mol. The van der Waals surface area contributed by atoms with Crippen molar-refractivity contribution in [2.24, 2.45) is 5.41 Å². The maximum atomic E-state index is 5.72. The predicted octanol–water partition coefficient (Wildman–Crippen LogP) is 3.13. The number of hydrogen-bond acceptors (Lipinski definition) is 4. The number of rotatable bonds is 2. The summed E-state index contributed by atoms with van der Waals surface area (Å²) in [7, 11) is 2.14. The van der Waals surface area contributed by atoms with E-state index in [1.54, 1.807) is 17.5 Å². The molecule has 1 fully saturated rings. The third-order valence-corrected chi connectivity index (χ3v) is 4.59. The second-order valence-electron chi connectivity index (χ2n) is 5.55. The van der Waals surface area contributed by atoms with E-state index in [0.717, 1.165) is 10.1 Å². The molecule has 16 heavy (non-hydrogen) atoms. The number of aromatic nitrogens is 1. The summed E-state index contributed by atoms with van der Waals surface area (Å²) >= 11 is 1.58. The molecule has 1 heterocycles. The van der Waals surface area contributed by atoms with Crippen LogP contribution in [0.1, 0.15) is 39.5 Å². The van der Waals surface area contributed by atoms with Crippen molar-refractivity contribution >= 4 is 21.5 Å². The maximum absolute atomic E-state index is 5.72. The summed E-state index contributed by atoms with van der Waals surface area (Å²) < 4.78 is 0. The van der Waals surface area contributed by atoms with Gasteiger partial charge in [0.05, 0.1) is 6.20 Å². The van der Waals surface area contributed by atoms with Crippen LogP contribution in [0.4, 0.5) is 10.1 Å². The van der Waals surface area contributed by atoms with Crippen molar-refractivity contribution in [3.05, 3.63) is 6.20 Å². The Bertz CT molecular complexity index is 349. The fourth-order valence-electron chi connectivity index (χ4n) is 2.37. The molecule has 1 aliphatic rings. The number of nitrogens with zero attached hydrogens (tertiary/aromatic N) is 2. The maximum Gasteiger partial charge on any atom is 0.187 e. The highest BCUT2D eigenvalue weighted by atomic mass is 32.1. The molecule has 0 saturated heterocycles. The molecule has 0 aromatic carbocycles. The fraction of sp³-hybridized carbons (Fsp3) is 0.750. The van der Waals surface area contributed by atoms with Gasteiger partial charge in [0.15, 0.2) is 5.13 Å². The molecule has 1 aromatic heterocycles. The van der Waals surface area contributed by atoms with Crippen LogP contribution in [0.3, 0.4) is 0 Å². The molecule has 2 rings (SSSR count). The van der Waals surface area contributed by atoms with Crippen LogP contribution in [-0.4, -0.2) is 18.1 Å². The molecule has 4 heteroatoms. The Balaban J connectivity index is 1.99. The highest BCUT2D eigenvalue weighted by Crippen LogP contribution is 2.38. The second kappa shape index (κ2) is 4.24. The third kappa shape index (κ3) is 2.48. The second-order valence-corrected chi connectivity index (χ2v) is 6.59. The highest BCUT2D eigenvalue weighted by molar-refractivity contribution is 7.19. The summed E-state index contributed by atoms with van der Waals surface area (Å²) in [6.07, 6.45) is 6.90. The Morgan fingerprint density at radius 1 is 1.44 bits per heavy atom. The Labute approximate surface area is 102 Å². The molecule has 0 radical (unpaired) electrons. The molecule has 0 unspecified atom stereocenters. The summed E-state index contributed by atoms with van der Waals surface area (Å²) in [6, 6.07) is 0.638. The average Bonchev–Trinajstić information content (AvgIpc) is 2.64. The standard InChI is InChI=1S/C12H21N3S/c1-12(2)6-4-9(5-7-12)15(3)11-14-8-10(13)16-11/h8-9H,4-7,13H2,1-3H3. The van der Waals surface area contributed by atoms with Gasteiger partial charge in [0, 0.05) is 13.1 Å². The highest BCUT2D eigenvalue weighted by Gasteiger charge is 2.29. The Morgan fingerprint density at radius 3 is 2.56 bits per heavy atom. The van der Waals surface area contributed by atoms with E-state index in [1.165, 1.54) is 25.7 Å². The lowest BCUT2D eigenvalue weighted by Gasteiger charge is -2.38. The Hall–Kier alpha value is -0.770. The van der Waals surface area contributed by atoms with E-state index >= 15 is 0 Å². The normalized spacial score (nSPS) is 20.9. The van der Waals surface area contributed by atoms with E-state index in [2.05, 4.69) is 30.8 Å². The fourth-order valence-corrected chi connectivity index (χ4v) is 3.08. The molecule has 1 aromatic rings. The van der Waals surface area contributed by atoms with Crippen LogP contribution in [0.15, 0.2) is 6.20 Å². The summed E-state index contributed by atoms with van der Waals surface area (Å²) in [5.41, 5.74) is 6.25. The minimum absolute atomic E-state index is 0.527. The number of hydrogen-bond donors (Lipinski definition) is 1. The summed E-state index contributed by atoms with van der Waals surface area (Å²) in [5, 5.41) is 1.86. The molecule has 3 nitrogen and oxygen atoms in total. The van der Waals surface area contributed by atoms with E-state index in [0.29, 0.717) is 11.5 Å². The molecule has 0 bridgehead atoms. The quantitative estimate of drug-likeness (QED) is 0.862. The van der Waals surface area contributed by atoms with Gasteiger partial charge in [0.1, 0.15) is 5.00 Å². The molecule has 90 valence electrons. The lowest BCUT2D eigenvalue weighted by molar-refractivity contribution is 0.222. The van der Waals surface area contributed by atoms with Gasteiger partial charge in [-0.3, -0.25) is 0 Å². The molecule has 1 saturated carbocycles. The first kappa shape index (κ1) is 11.7. The molecule has 0 spiro atoms. The van der Waals surface area contributed by atoms with Gasteiger partial charge in [0.2, 0.25) is 0 Å². The van der Waals surface area contributed by atoms with Crippen LogP contribution in [0.2, 0.25) is 0 Å². The van der Waals surface area contributed by atoms with E-state index in [1.807, 2.05) is 0 Å². The van der Waals surface area contributed by atoms with Gasteiger partial charge in [-0.05, 0) is 31.1 Å². The zero-order valence-electron chi connectivity index (χ0n) is 10.4. The largest absolute Gasteiger partial charge is 0.389 e. The van der Waals surface area contributed by atoms with Gasteiger partial charge < -0.3 is 10.6 Å². The lowest BCUT2D eigenvalue weighted by Crippen LogP contribution is -2.37. The molecule has 0 aliphatic heterocycles. The molecular weight excluding hydrogens is 218 g/mol. The molecule has 0 atom stereocenters. The van der Waals surface area contributed by atoms with E-state index in [4.69, 9.17) is 5.73 Å². The first-order valence-corrected chi connectivity index (χ1v) is 6.74. The van der Waals surface area contributed by atoms with Gasteiger partial charge in [-0.1, -0.05) is 25.2 Å². The van der Waals surface area contributed by atoms with Crippen LogP contribution >= 0.6 is 11.3 Å². The number of thiazole rings is 1. The van der Waals surface area contributed by atoms with Gasteiger partial charge in [-0.2, -0.15) is 0 Å². The first-order chi connectivity index (χ1) is 7.48. The SMILES string of the molecule is CN(c1ncc(N)s1)C1CCC(C)(C)CC1. The van der Waals surface area contributed by atoms with Crippen molar-refractivity contribution in [1.29, 1.82) is 0 Å². The number of nitrogens with two attached hydrogens (primary N) is 1. The van der Waals surface area contributed by atoms with Crippen molar-refractivity contribution in [3.63, 3.8) is 0 Å². The van der Waals surface area contributed by atoms with Gasteiger partial charge in [-0.25, -0.2) is 4.98 Å². The number of nitrogen functional groups attached to an aromatic ring is 1. The molecule has 0 amide bonds. The van der Waals surface area contributed by atoms with E-state index in [-0.39, 0.29) is 0 Å². The topological polar surface area (TPSA) is 42.2 Å². The minimum atomic E-state index is 0.527. The van der Waals surface area contributed by atoms with Crippen molar-refractivity contribution in [3.8, 4) is 0 Å². The summed E-state index contributed by atoms with van der Waals surface area (Å²) in [5.74, 6) is 0. The van der Waals surface area contributed by atoms with Crippen molar-refractivity contribution in [2.45, 2.75) is 45.6 Å². The third-order valence-electron chi connectivity index (χ3n) is 3.67. The monoisotopic (exact) mass is 239 g/mol. The van der Waals surface area contributed by atoms with Crippen LogP contribution in [-0.2, 0) is 0 Å². The van der Waals surface area contributed by atoms with Crippen LogP contribution in [0, 0.1) is 5.41 Å². The molecule has 2 N–H and O–H groups in total. The van der Waals surface area contributed by atoms with Gasteiger partial charge in [-0.15, -0.1) is 0 Å². The lowest BCUT2D eigenvalue weighted by atomic mass is 9.75. The first-order valence-electron chi connectivity index (χ1n) is 5.92.